The maximum absolute atomic E-state index is 5.67. The first kappa shape index (κ1) is 12.0. The van der Waals surface area contributed by atoms with Crippen molar-refractivity contribution in [1.29, 1.82) is 0 Å². The number of nitrogens with one attached hydrogen (secondary N) is 1. The summed E-state index contributed by atoms with van der Waals surface area (Å²) in [6.07, 6.45) is 0.988. The molecule has 2 rings (SSSR count). The monoisotopic (exact) mass is 237 g/mol. The molecule has 0 bridgehead atoms. The van der Waals surface area contributed by atoms with Crippen molar-refractivity contribution in [3.8, 4) is 17.2 Å². The van der Waals surface area contributed by atoms with Crippen molar-refractivity contribution in [3.63, 3.8) is 0 Å². The van der Waals surface area contributed by atoms with E-state index >= 15 is 0 Å². The van der Waals surface area contributed by atoms with Crippen molar-refractivity contribution in [2.45, 2.75) is 26.3 Å². The van der Waals surface area contributed by atoms with E-state index in [1.807, 2.05) is 18.2 Å². The van der Waals surface area contributed by atoms with Crippen molar-refractivity contribution in [1.82, 2.24) is 5.32 Å². The molecule has 1 unspecified atom stereocenters. The molecule has 1 aromatic carbocycles. The van der Waals surface area contributed by atoms with Gasteiger partial charge in [-0.15, -0.1) is 0 Å². The number of ether oxygens (including phenoxy) is 3. The Morgan fingerprint density at radius 3 is 3.00 bits per heavy atom. The molecule has 0 saturated carbocycles. The van der Waals surface area contributed by atoms with Gasteiger partial charge in [-0.25, -0.2) is 0 Å². The van der Waals surface area contributed by atoms with Crippen LogP contribution in [0, 0.1) is 0 Å². The van der Waals surface area contributed by atoms with Gasteiger partial charge in [0, 0.05) is 12.1 Å². The number of rotatable bonds is 6. The molecule has 4 nitrogen and oxygen atoms in total. The summed E-state index contributed by atoms with van der Waals surface area (Å²) < 4.78 is 16.2. The summed E-state index contributed by atoms with van der Waals surface area (Å²) in [6, 6.07) is 6.14. The highest BCUT2D eigenvalue weighted by atomic mass is 16.7. The van der Waals surface area contributed by atoms with E-state index in [9.17, 15) is 0 Å². The molecule has 1 atom stereocenters. The lowest BCUT2D eigenvalue weighted by atomic mass is 10.2. The molecule has 0 radical (unpaired) electrons. The van der Waals surface area contributed by atoms with Crippen LogP contribution in [0.15, 0.2) is 18.2 Å². The van der Waals surface area contributed by atoms with Gasteiger partial charge in [-0.1, -0.05) is 6.92 Å². The average molecular weight is 237 g/mol. The van der Waals surface area contributed by atoms with E-state index < -0.39 is 0 Å². The zero-order chi connectivity index (χ0) is 12.1. The Labute approximate surface area is 102 Å². The summed E-state index contributed by atoms with van der Waals surface area (Å²) in [5.74, 6) is 2.39. The lowest BCUT2D eigenvalue weighted by Crippen LogP contribution is -2.27. The van der Waals surface area contributed by atoms with Crippen LogP contribution in [-0.4, -0.2) is 26.0 Å². The summed E-state index contributed by atoms with van der Waals surface area (Å²) in [6.45, 7) is 6.26. The molecule has 1 N–H and O–H groups in total. The van der Waals surface area contributed by atoms with Crippen LogP contribution >= 0.6 is 0 Å². The summed E-state index contributed by atoms with van der Waals surface area (Å²) >= 11 is 0. The molecule has 0 aliphatic carbocycles. The van der Waals surface area contributed by atoms with Crippen LogP contribution in [0.1, 0.15) is 20.3 Å². The van der Waals surface area contributed by atoms with E-state index in [1.54, 1.807) is 0 Å². The van der Waals surface area contributed by atoms with E-state index in [0.717, 1.165) is 30.2 Å². The van der Waals surface area contributed by atoms with Crippen molar-refractivity contribution >= 4 is 0 Å². The van der Waals surface area contributed by atoms with Crippen LogP contribution in [0.5, 0.6) is 17.2 Å². The Morgan fingerprint density at radius 1 is 1.35 bits per heavy atom. The zero-order valence-electron chi connectivity index (χ0n) is 10.4. The summed E-state index contributed by atoms with van der Waals surface area (Å²) in [5, 5.41) is 3.35. The van der Waals surface area contributed by atoms with Gasteiger partial charge in [-0.2, -0.15) is 0 Å². The number of hydrogen-bond acceptors (Lipinski definition) is 4. The normalized spacial score (nSPS) is 14.7. The lowest BCUT2D eigenvalue weighted by molar-refractivity contribution is 0.173. The number of hydrogen-bond donors (Lipinski definition) is 1. The zero-order valence-corrected chi connectivity index (χ0v) is 10.4. The van der Waals surface area contributed by atoms with Crippen LogP contribution in [0.25, 0.3) is 0 Å². The van der Waals surface area contributed by atoms with Crippen LogP contribution in [0.3, 0.4) is 0 Å². The topological polar surface area (TPSA) is 39.7 Å². The van der Waals surface area contributed by atoms with E-state index in [0.29, 0.717) is 19.4 Å². The Kier molecular flexibility index (Phi) is 4.09. The van der Waals surface area contributed by atoms with Gasteiger partial charge in [0.05, 0.1) is 6.61 Å². The van der Waals surface area contributed by atoms with Crippen LogP contribution in [0.2, 0.25) is 0 Å². The van der Waals surface area contributed by atoms with Crippen molar-refractivity contribution < 1.29 is 14.2 Å². The first-order valence-corrected chi connectivity index (χ1v) is 6.05. The fraction of sp³-hybridized carbons (Fsp3) is 0.538. The van der Waals surface area contributed by atoms with Crippen molar-refractivity contribution in [2.75, 3.05) is 19.9 Å². The molecule has 0 spiro atoms. The second kappa shape index (κ2) is 5.77. The highest BCUT2D eigenvalue weighted by Crippen LogP contribution is 2.35. The van der Waals surface area contributed by atoms with E-state index in [4.69, 9.17) is 14.2 Å². The standard InChI is InChI=1S/C13H19NO3/c1-3-14-10(2)6-7-15-11-4-5-12-13(8-11)17-9-16-12/h4-5,8,10,14H,3,6-7,9H2,1-2H3. The van der Waals surface area contributed by atoms with Gasteiger partial charge in [-0.05, 0) is 32.0 Å². The molecule has 94 valence electrons. The van der Waals surface area contributed by atoms with Gasteiger partial charge in [0.25, 0.3) is 0 Å². The SMILES string of the molecule is CCNC(C)CCOc1ccc2c(c1)OCO2. The molecule has 1 aliphatic heterocycles. The van der Waals surface area contributed by atoms with Crippen molar-refractivity contribution in [3.05, 3.63) is 18.2 Å². The van der Waals surface area contributed by atoms with Gasteiger partial charge in [0.2, 0.25) is 6.79 Å². The highest BCUT2D eigenvalue weighted by molar-refractivity contribution is 5.46. The molecular weight excluding hydrogens is 218 g/mol. The van der Waals surface area contributed by atoms with Gasteiger partial charge in [-0.3, -0.25) is 0 Å². The first-order chi connectivity index (χ1) is 8.29. The summed E-state index contributed by atoms with van der Waals surface area (Å²) in [5.41, 5.74) is 0. The van der Waals surface area contributed by atoms with Crippen LogP contribution in [-0.2, 0) is 0 Å². The van der Waals surface area contributed by atoms with E-state index in [2.05, 4.69) is 19.2 Å². The Balaban J connectivity index is 1.79. The van der Waals surface area contributed by atoms with Gasteiger partial charge < -0.3 is 19.5 Å². The largest absolute Gasteiger partial charge is 0.493 e. The molecule has 4 heteroatoms. The van der Waals surface area contributed by atoms with Gasteiger partial charge in [0.15, 0.2) is 11.5 Å². The van der Waals surface area contributed by atoms with Gasteiger partial charge >= 0.3 is 0 Å². The Hall–Kier alpha value is -1.42. The minimum atomic E-state index is 0.302. The molecule has 0 saturated heterocycles. The summed E-state index contributed by atoms with van der Waals surface area (Å²) in [4.78, 5) is 0. The van der Waals surface area contributed by atoms with Crippen molar-refractivity contribution in [2.24, 2.45) is 0 Å². The first-order valence-electron chi connectivity index (χ1n) is 6.05. The molecule has 0 amide bonds. The third kappa shape index (κ3) is 3.27. The van der Waals surface area contributed by atoms with Crippen LogP contribution < -0.4 is 19.5 Å². The minimum absolute atomic E-state index is 0.302. The van der Waals surface area contributed by atoms with Crippen LogP contribution in [0.4, 0.5) is 0 Å². The fourth-order valence-corrected chi connectivity index (χ4v) is 1.77. The maximum Gasteiger partial charge on any atom is 0.231 e. The minimum Gasteiger partial charge on any atom is -0.493 e. The quantitative estimate of drug-likeness (QED) is 0.823. The predicted molar refractivity (Wildman–Crippen MR) is 65.8 cm³/mol. The molecule has 1 heterocycles. The predicted octanol–water partition coefficient (Wildman–Crippen LogP) is 2.18. The Morgan fingerprint density at radius 2 is 2.18 bits per heavy atom. The summed E-state index contributed by atoms with van der Waals surface area (Å²) in [7, 11) is 0. The molecule has 1 aliphatic rings. The fourth-order valence-electron chi connectivity index (χ4n) is 1.77. The molecule has 0 aromatic heterocycles. The molecular formula is C13H19NO3. The second-order valence-corrected chi connectivity index (χ2v) is 4.11. The number of fused-ring (bicyclic) bond motifs is 1. The molecule has 17 heavy (non-hydrogen) atoms. The van der Waals surface area contributed by atoms with Gasteiger partial charge in [0.1, 0.15) is 5.75 Å². The average Bonchev–Trinajstić information content (AvgIpc) is 2.76. The third-order valence-electron chi connectivity index (χ3n) is 2.72. The second-order valence-electron chi connectivity index (χ2n) is 4.11. The third-order valence-corrected chi connectivity index (χ3v) is 2.72. The molecule has 0 fully saturated rings. The highest BCUT2D eigenvalue weighted by Gasteiger charge is 2.13. The maximum atomic E-state index is 5.67. The number of benzene rings is 1. The van der Waals surface area contributed by atoms with E-state index in [1.165, 1.54) is 0 Å². The lowest BCUT2D eigenvalue weighted by Gasteiger charge is -2.13. The smallest absolute Gasteiger partial charge is 0.231 e. The molecule has 1 aromatic rings. The van der Waals surface area contributed by atoms with E-state index in [-0.39, 0.29) is 0 Å². The Bertz CT molecular complexity index is 368.